The van der Waals surface area contributed by atoms with Gasteiger partial charge in [-0.1, -0.05) is 35.0 Å². The second-order valence-electron chi connectivity index (χ2n) is 6.39. The van der Waals surface area contributed by atoms with Gasteiger partial charge in [0.15, 0.2) is 0 Å². The maximum absolute atomic E-state index is 12.6. The van der Waals surface area contributed by atoms with Gasteiger partial charge in [-0.05, 0) is 62.2 Å². The predicted octanol–water partition coefficient (Wildman–Crippen LogP) is 3.89. The minimum absolute atomic E-state index is 0.369. The zero-order chi connectivity index (χ0) is 20.3. The first-order valence-corrected chi connectivity index (χ1v) is 9.71. The van der Waals surface area contributed by atoms with Crippen molar-refractivity contribution in [2.75, 3.05) is 0 Å². The Hall–Kier alpha value is -2.93. The van der Waals surface area contributed by atoms with Crippen molar-refractivity contribution in [1.82, 2.24) is 20.6 Å². The van der Waals surface area contributed by atoms with Crippen molar-refractivity contribution in [3.05, 3.63) is 81.1 Å². The van der Waals surface area contributed by atoms with E-state index in [0.29, 0.717) is 22.5 Å². The number of rotatable bonds is 4. The summed E-state index contributed by atoms with van der Waals surface area (Å²) in [5.74, 6) is -0.775. The van der Waals surface area contributed by atoms with E-state index >= 15 is 0 Å². The lowest BCUT2D eigenvalue weighted by Crippen LogP contribution is -2.42. The molecule has 0 unspecified atom stereocenters. The van der Waals surface area contributed by atoms with E-state index in [0.717, 1.165) is 22.1 Å². The Balaban J connectivity index is 1.73. The van der Waals surface area contributed by atoms with Crippen LogP contribution in [0.25, 0.3) is 5.69 Å². The molecule has 1 heterocycles. The van der Waals surface area contributed by atoms with Crippen LogP contribution in [0.4, 0.5) is 0 Å². The highest BCUT2D eigenvalue weighted by Crippen LogP contribution is 2.19. The van der Waals surface area contributed by atoms with Gasteiger partial charge < -0.3 is 0 Å². The molecule has 2 amide bonds. The lowest BCUT2D eigenvalue weighted by molar-refractivity contribution is 0.0846. The lowest BCUT2D eigenvalue weighted by Gasteiger charge is -2.09. The van der Waals surface area contributed by atoms with Crippen LogP contribution in [-0.2, 0) is 6.42 Å². The van der Waals surface area contributed by atoms with Crippen molar-refractivity contribution in [2.45, 2.75) is 27.2 Å². The number of carbonyl (C=O) groups is 2. The monoisotopic (exact) mass is 440 g/mol. The number of benzene rings is 2. The fourth-order valence-electron chi connectivity index (χ4n) is 2.95. The van der Waals surface area contributed by atoms with E-state index in [-0.39, 0.29) is 5.91 Å². The Labute approximate surface area is 172 Å². The summed E-state index contributed by atoms with van der Waals surface area (Å²) in [5.41, 5.74) is 9.14. The third kappa shape index (κ3) is 4.14. The topological polar surface area (TPSA) is 76.0 Å². The maximum atomic E-state index is 12.6. The second-order valence-corrected chi connectivity index (χ2v) is 7.31. The zero-order valence-electron chi connectivity index (χ0n) is 15.9. The van der Waals surface area contributed by atoms with Crippen LogP contribution in [0.2, 0.25) is 0 Å². The summed E-state index contributed by atoms with van der Waals surface area (Å²) >= 11 is 3.41. The molecule has 0 spiro atoms. The number of carbonyl (C=O) groups excluding carboxylic acids is 2. The van der Waals surface area contributed by atoms with E-state index in [2.05, 4.69) is 38.8 Å². The Kier molecular flexibility index (Phi) is 5.94. The SMILES string of the molecule is CCc1ccc(C(=O)NNC(=O)c2c(C)nn(-c3ccc(Br)cc3)c2C)cc1. The first kappa shape index (κ1) is 19.8. The molecule has 0 atom stereocenters. The van der Waals surface area contributed by atoms with Crippen LogP contribution in [0.5, 0.6) is 0 Å². The van der Waals surface area contributed by atoms with Gasteiger partial charge in [0.1, 0.15) is 0 Å². The molecule has 2 aromatic carbocycles. The molecule has 3 aromatic rings. The van der Waals surface area contributed by atoms with Gasteiger partial charge in [-0.25, -0.2) is 4.68 Å². The van der Waals surface area contributed by atoms with Crippen LogP contribution in [0.3, 0.4) is 0 Å². The van der Waals surface area contributed by atoms with Crippen LogP contribution in [0.1, 0.15) is 44.6 Å². The standard InChI is InChI=1S/C21H21BrN4O2/c1-4-15-5-7-16(8-6-15)20(27)23-24-21(28)19-13(2)25-26(14(19)3)18-11-9-17(22)10-12-18/h5-12H,4H2,1-3H3,(H,23,27)(H,24,28). The molecule has 0 fully saturated rings. The minimum Gasteiger partial charge on any atom is -0.267 e. The van der Waals surface area contributed by atoms with Gasteiger partial charge in [-0.3, -0.25) is 20.4 Å². The van der Waals surface area contributed by atoms with Gasteiger partial charge in [0.25, 0.3) is 11.8 Å². The Morgan fingerprint density at radius 3 is 2.18 bits per heavy atom. The normalized spacial score (nSPS) is 10.6. The van der Waals surface area contributed by atoms with E-state index in [9.17, 15) is 9.59 Å². The van der Waals surface area contributed by atoms with E-state index in [4.69, 9.17) is 0 Å². The third-order valence-electron chi connectivity index (χ3n) is 4.50. The third-order valence-corrected chi connectivity index (χ3v) is 5.03. The molecule has 0 bridgehead atoms. The highest BCUT2D eigenvalue weighted by Gasteiger charge is 2.20. The molecule has 0 saturated carbocycles. The largest absolute Gasteiger partial charge is 0.273 e. The molecular formula is C21H21BrN4O2. The number of aryl methyl sites for hydroxylation is 2. The molecule has 0 aliphatic heterocycles. The molecule has 7 heteroatoms. The van der Waals surface area contributed by atoms with Gasteiger partial charge in [0, 0.05) is 10.0 Å². The lowest BCUT2D eigenvalue weighted by atomic mass is 10.1. The highest BCUT2D eigenvalue weighted by atomic mass is 79.9. The zero-order valence-corrected chi connectivity index (χ0v) is 17.5. The van der Waals surface area contributed by atoms with Crippen molar-refractivity contribution in [1.29, 1.82) is 0 Å². The van der Waals surface area contributed by atoms with Crippen LogP contribution >= 0.6 is 15.9 Å². The van der Waals surface area contributed by atoms with Crippen molar-refractivity contribution >= 4 is 27.7 Å². The van der Waals surface area contributed by atoms with Crippen molar-refractivity contribution in [3.8, 4) is 5.69 Å². The van der Waals surface area contributed by atoms with Gasteiger partial charge in [-0.2, -0.15) is 5.10 Å². The summed E-state index contributed by atoms with van der Waals surface area (Å²) in [6.45, 7) is 5.64. The van der Waals surface area contributed by atoms with E-state index in [1.165, 1.54) is 0 Å². The number of amides is 2. The van der Waals surface area contributed by atoms with Crippen LogP contribution in [0, 0.1) is 13.8 Å². The minimum atomic E-state index is -0.406. The first-order valence-electron chi connectivity index (χ1n) is 8.92. The van der Waals surface area contributed by atoms with Gasteiger partial charge in [0.2, 0.25) is 0 Å². The number of nitrogens with zero attached hydrogens (tertiary/aromatic N) is 2. The average molecular weight is 441 g/mol. The number of aromatic nitrogens is 2. The van der Waals surface area contributed by atoms with E-state index < -0.39 is 5.91 Å². The number of hydrogen-bond donors (Lipinski definition) is 2. The number of hydrogen-bond acceptors (Lipinski definition) is 3. The molecule has 2 N–H and O–H groups in total. The van der Waals surface area contributed by atoms with Crippen molar-refractivity contribution in [2.24, 2.45) is 0 Å². The summed E-state index contributed by atoms with van der Waals surface area (Å²) in [4.78, 5) is 24.9. The van der Waals surface area contributed by atoms with Crippen LogP contribution in [0.15, 0.2) is 53.0 Å². The summed E-state index contributed by atoms with van der Waals surface area (Å²) in [6.07, 6.45) is 0.902. The van der Waals surface area contributed by atoms with Crippen molar-refractivity contribution < 1.29 is 9.59 Å². The van der Waals surface area contributed by atoms with Crippen LogP contribution < -0.4 is 10.9 Å². The smallest absolute Gasteiger partial charge is 0.267 e. The fraction of sp³-hybridized carbons (Fsp3) is 0.190. The second kappa shape index (κ2) is 8.39. The number of halogens is 1. The molecular weight excluding hydrogens is 420 g/mol. The molecule has 3 rings (SSSR count). The highest BCUT2D eigenvalue weighted by molar-refractivity contribution is 9.10. The molecule has 1 aromatic heterocycles. The Bertz CT molecular complexity index is 1010. The van der Waals surface area contributed by atoms with Crippen molar-refractivity contribution in [3.63, 3.8) is 0 Å². The first-order chi connectivity index (χ1) is 13.4. The molecule has 0 aliphatic rings. The van der Waals surface area contributed by atoms with E-state index in [1.54, 1.807) is 23.7 Å². The molecule has 0 saturated heterocycles. The molecule has 28 heavy (non-hydrogen) atoms. The van der Waals surface area contributed by atoms with Gasteiger partial charge in [-0.15, -0.1) is 0 Å². The summed E-state index contributed by atoms with van der Waals surface area (Å²) in [5, 5.41) is 4.46. The van der Waals surface area contributed by atoms with Gasteiger partial charge in [0.05, 0.1) is 22.6 Å². The molecule has 0 aliphatic carbocycles. The predicted molar refractivity (Wildman–Crippen MR) is 111 cm³/mol. The average Bonchev–Trinajstić information content (AvgIpc) is 3.00. The Morgan fingerprint density at radius 2 is 1.57 bits per heavy atom. The molecule has 0 radical (unpaired) electrons. The van der Waals surface area contributed by atoms with E-state index in [1.807, 2.05) is 43.3 Å². The quantitative estimate of drug-likeness (QED) is 0.604. The summed E-state index contributed by atoms with van der Waals surface area (Å²) in [7, 11) is 0. The van der Waals surface area contributed by atoms with Gasteiger partial charge >= 0.3 is 0 Å². The fourth-order valence-corrected chi connectivity index (χ4v) is 3.21. The number of hydrazine groups is 1. The maximum Gasteiger partial charge on any atom is 0.273 e. The molecule has 144 valence electrons. The summed E-state index contributed by atoms with van der Waals surface area (Å²) < 4.78 is 2.67. The Morgan fingerprint density at radius 1 is 0.964 bits per heavy atom. The molecule has 6 nitrogen and oxygen atoms in total. The number of nitrogens with one attached hydrogen (secondary N) is 2. The summed E-state index contributed by atoms with van der Waals surface area (Å²) in [6, 6.07) is 14.9. The van der Waals surface area contributed by atoms with Crippen LogP contribution in [-0.4, -0.2) is 21.6 Å².